The van der Waals surface area contributed by atoms with Crippen LogP contribution >= 0.6 is 0 Å². The molecule has 2 aliphatic heterocycles. The van der Waals surface area contributed by atoms with Gasteiger partial charge in [0.15, 0.2) is 0 Å². The maximum atomic E-state index is 13.3. The molecule has 0 N–H and O–H groups in total. The van der Waals surface area contributed by atoms with Crippen LogP contribution in [0.5, 0.6) is 5.75 Å². The number of ether oxygens (including phenoxy) is 1. The third-order valence-corrected chi connectivity index (χ3v) is 9.74. The lowest BCUT2D eigenvalue weighted by Crippen LogP contribution is -2.50. The van der Waals surface area contributed by atoms with Crippen LogP contribution in [0.1, 0.15) is 40.1 Å². The SMILES string of the molecule is COc1cc(C)c(S(=O)(=O)N(C)Cc2cc(C(=O)N3CCN(CC4CCN(C)CC4)CC3)co2)c(C)c1. The molecule has 3 heterocycles. The van der Waals surface area contributed by atoms with Gasteiger partial charge in [0, 0.05) is 39.8 Å². The molecule has 9 nitrogen and oxygen atoms in total. The first-order valence-electron chi connectivity index (χ1n) is 13.0. The van der Waals surface area contributed by atoms with Crippen molar-refractivity contribution >= 4 is 15.9 Å². The molecule has 204 valence electrons. The minimum absolute atomic E-state index is 0.0326. The van der Waals surface area contributed by atoms with Gasteiger partial charge in [0.05, 0.1) is 24.1 Å². The van der Waals surface area contributed by atoms with E-state index < -0.39 is 10.0 Å². The zero-order chi connectivity index (χ0) is 26.7. The molecule has 2 fully saturated rings. The fourth-order valence-electron chi connectivity index (χ4n) is 5.40. The first kappa shape index (κ1) is 27.6. The fourth-order valence-corrected chi connectivity index (χ4v) is 6.94. The van der Waals surface area contributed by atoms with Crippen LogP contribution in [0.15, 0.2) is 33.8 Å². The maximum Gasteiger partial charge on any atom is 0.257 e. The summed E-state index contributed by atoms with van der Waals surface area (Å²) in [7, 11) is 1.50. The lowest BCUT2D eigenvalue weighted by atomic mass is 9.96. The van der Waals surface area contributed by atoms with Gasteiger partial charge in [-0.2, -0.15) is 4.31 Å². The van der Waals surface area contributed by atoms with E-state index in [0.717, 1.165) is 25.6 Å². The van der Waals surface area contributed by atoms with E-state index >= 15 is 0 Å². The largest absolute Gasteiger partial charge is 0.497 e. The normalized spacial score (nSPS) is 18.5. The second-order valence-corrected chi connectivity index (χ2v) is 12.5. The Kier molecular flexibility index (Phi) is 8.63. The molecule has 0 unspecified atom stereocenters. The molecule has 0 radical (unpaired) electrons. The van der Waals surface area contributed by atoms with Crippen LogP contribution in [0.2, 0.25) is 0 Å². The van der Waals surface area contributed by atoms with E-state index in [9.17, 15) is 13.2 Å². The van der Waals surface area contributed by atoms with E-state index in [-0.39, 0.29) is 17.3 Å². The zero-order valence-corrected chi connectivity index (χ0v) is 23.5. The Morgan fingerprint density at radius 1 is 1.05 bits per heavy atom. The number of sulfonamides is 1. The lowest BCUT2D eigenvalue weighted by Gasteiger charge is -2.38. The summed E-state index contributed by atoms with van der Waals surface area (Å²) in [5.74, 6) is 1.72. The smallest absolute Gasteiger partial charge is 0.257 e. The number of amides is 1. The average molecular weight is 533 g/mol. The van der Waals surface area contributed by atoms with Crippen LogP contribution in [0.4, 0.5) is 0 Å². The minimum atomic E-state index is -3.76. The molecule has 1 amide bonds. The molecule has 1 aromatic heterocycles. The highest BCUT2D eigenvalue weighted by molar-refractivity contribution is 7.89. The van der Waals surface area contributed by atoms with E-state index in [1.807, 2.05) is 4.90 Å². The average Bonchev–Trinajstić information content (AvgIpc) is 3.33. The Morgan fingerprint density at radius 2 is 1.68 bits per heavy atom. The van der Waals surface area contributed by atoms with Crippen molar-refractivity contribution in [3.63, 3.8) is 0 Å². The molecule has 2 aromatic rings. The van der Waals surface area contributed by atoms with Crippen LogP contribution < -0.4 is 4.74 Å². The number of carbonyl (C=O) groups is 1. The maximum absolute atomic E-state index is 13.3. The van der Waals surface area contributed by atoms with Gasteiger partial charge in [-0.1, -0.05) is 0 Å². The van der Waals surface area contributed by atoms with Crippen LogP contribution in [0.3, 0.4) is 0 Å². The summed E-state index contributed by atoms with van der Waals surface area (Å²) in [6.07, 6.45) is 3.93. The third-order valence-electron chi connectivity index (χ3n) is 7.63. The van der Waals surface area contributed by atoms with Gasteiger partial charge in [-0.25, -0.2) is 8.42 Å². The summed E-state index contributed by atoms with van der Waals surface area (Å²) in [5.41, 5.74) is 1.70. The van der Waals surface area contributed by atoms with Crippen molar-refractivity contribution in [3.8, 4) is 5.75 Å². The molecule has 0 atom stereocenters. The Balaban J connectivity index is 1.33. The van der Waals surface area contributed by atoms with Gasteiger partial charge >= 0.3 is 0 Å². The molecular weight excluding hydrogens is 492 g/mol. The van der Waals surface area contributed by atoms with E-state index in [2.05, 4.69) is 16.8 Å². The van der Waals surface area contributed by atoms with Crippen LogP contribution in [-0.2, 0) is 16.6 Å². The summed E-state index contributed by atoms with van der Waals surface area (Å²) >= 11 is 0. The molecule has 0 bridgehead atoms. The number of piperidine rings is 1. The molecule has 10 heteroatoms. The molecule has 1 aromatic carbocycles. The topological polar surface area (TPSA) is 86.5 Å². The van der Waals surface area contributed by atoms with Gasteiger partial charge in [0.1, 0.15) is 17.8 Å². The van der Waals surface area contributed by atoms with Gasteiger partial charge in [0.2, 0.25) is 10.0 Å². The lowest BCUT2D eigenvalue weighted by molar-refractivity contribution is 0.0593. The highest BCUT2D eigenvalue weighted by Crippen LogP contribution is 2.29. The van der Waals surface area contributed by atoms with Crippen molar-refractivity contribution in [1.29, 1.82) is 0 Å². The number of aryl methyl sites for hydroxylation is 2. The number of nitrogens with zero attached hydrogens (tertiary/aromatic N) is 4. The van der Waals surface area contributed by atoms with Gasteiger partial charge in [-0.05, 0) is 82.1 Å². The van der Waals surface area contributed by atoms with E-state index in [0.29, 0.717) is 41.3 Å². The minimum Gasteiger partial charge on any atom is -0.497 e. The highest BCUT2D eigenvalue weighted by Gasteiger charge is 2.28. The number of hydrogen-bond acceptors (Lipinski definition) is 7. The highest BCUT2D eigenvalue weighted by atomic mass is 32.2. The van der Waals surface area contributed by atoms with E-state index in [4.69, 9.17) is 9.15 Å². The number of hydrogen-bond donors (Lipinski definition) is 0. The van der Waals surface area contributed by atoms with Crippen molar-refractivity contribution < 1.29 is 22.4 Å². The van der Waals surface area contributed by atoms with Crippen molar-refractivity contribution in [2.75, 3.05) is 67.0 Å². The number of carbonyl (C=O) groups excluding carboxylic acids is 1. The Hall–Kier alpha value is -2.40. The van der Waals surface area contributed by atoms with Gasteiger partial charge < -0.3 is 19.0 Å². The molecule has 0 spiro atoms. The summed E-state index contributed by atoms with van der Waals surface area (Å²) in [6.45, 7) is 10.1. The monoisotopic (exact) mass is 532 g/mol. The Labute approximate surface area is 221 Å². The standard InChI is InChI=1S/C27H40N4O5S/c1-20-14-24(35-5)15-21(2)26(20)37(33,34)29(4)18-25-16-23(19-36-25)27(32)31-12-10-30(11-13-31)17-22-6-8-28(3)9-7-22/h14-16,19,22H,6-13,17-18H2,1-5H3. The van der Waals surface area contributed by atoms with Gasteiger partial charge in [-0.3, -0.25) is 9.69 Å². The summed E-state index contributed by atoms with van der Waals surface area (Å²) in [6, 6.07) is 5.09. The molecule has 0 aliphatic carbocycles. The molecule has 4 rings (SSSR count). The summed E-state index contributed by atoms with van der Waals surface area (Å²) in [5, 5.41) is 0. The van der Waals surface area contributed by atoms with Crippen LogP contribution in [0, 0.1) is 19.8 Å². The number of furan rings is 1. The van der Waals surface area contributed by atoms with Crippen molar-refractivity contribution in [2.24, 2.45) is 5.92 Å². The van der Waals surface area contributed by atoms with Crippen LogP contribution in [-0.4, -0.2) is 100 Å². The van der Waals surface area contributed by atoms with Crippen molar-refractivity contribution in [3.05, 3.63) is 46.9 Å². The quantitative estimate of drug-likeness (QED) is 0.517. The Bertz CT molecular complexity index is 1170. The Morgan fingerprint density at radius 3 is 2.27 bits per heavy atom. The predicted molar refractivity (Wildman–Crippen MR) is 142 cm³/mol. The summed E-state index contributed by atoms with van der Waals surface area (Å²) < 4.78 is 38.8. The molecule has 2 saturated heterocycles. The van der Waals surface area contributed by atoms with E-state index in [1.54, 1.807) is 39.2 Å². The number of benzene rings is 1. The molecular formula is C27H40N4O5S. The first-order valence-corrected chi connectivity index (χ1v) is 14.4. The van der Waals surface area contributed by atoms with Crippen molar-refractivity contribution in [2.45, 2.75) is 38.1 Å². The van der Waals surface area contributed by atoms with Crippen molar-refractivity contribution in [1.82, 2.24) is 19.0 Å². The molecule has 2 aliphatic rings. The second kappa shape index (κ2) is 11.6. The number of rotatable bonds is 8. The first-order chi connectivity index (χ1) is 17.6. The van der Waals surface area contributed by atoms with Crippen LogP contribution in [0.25, 0.3) is 0 Å². The number of piperazine rings is 1. The number of likely N-dealkylation sites (tertiary alicyclic amines) is 1. The van der Waals surface area contributed by atoms with E-state index in [1.165, 1.54) is 43.5 Å². The zero-order valence-electron chi connectivity index (χ0n) is 22.7. The predicted octanol–water partition coefficient (Wildman–Crippen LogP) is 2.83. The number of methoxy groups -OCH3 is 1. The molecule has 0 saturated carbocycles. The second-order valence-electron chi connectivity index (χ2n) is 10.5. The molecule has 37 heavy (non-hydrogen) atoms. The fraction of sp³-hybridized carbons (Fsp3) is 0.593. The summed E-state index contributed by atoms with van der Waals surface area (Å²) in [4.78, 5) is 20.1. The third kappa shape index (κ3) is 6.37. The van der Waals surface area contributed by atoms with Gasteiger partial charge in [-0.15, -0.1) is 0 Å². The van der Waals surface area contributed by atoms with Gasteiger partial charge in [0.25, 0.3) is 5.91 Å².